The van der Waals surface area contributed by atoms with Gasteiger partial charge in [0.05, 0.1) is 54.9 Å². The summed E-state index contributed by atoms with van der Waals surface area (Å²) in [5, 5.41) is 15.3. The summed E-state index contributed by atoms with van der Waals surface area (Å²) in [7, 11) is 3.15. The molecular formula is C76H94F8N6O10. The minimum Gasteiger partial charge on any atom is -0.481 e. The first kappa shape index (κ1) is 79.3. The van der Waals surface area contributed by atoms with Crippen molar-refractivity contribution >= 4 is 23.8 Å². The third-order valence-electron chi connectivity index (χ3n) is 18.4. The van der Waals surface area contributed by atoms with Crippen molar-refractivity contribution in [3.05, 3.63) is 183 Å². The molecule has 6 aromatic rings. The summed E-state index contributed by atoms with van der Waals surface area (Å²) in [6.45, 7) is 26.7. The number of halogens is 8. The summed E-state index contributed by atoms with van der Waals surface area (Å²) in [5.41, 5.74) is 5.19. The Morgan fingerprint density at radius 2 is 0.890 bits per heavy atom. The molecule has 4 heterocycles. The highest BCUT2D eigenvalue weighted by molar-refractivity contribution is 5.83. The van der Waals surface area contributed by atoms with E-state index < -0.39 is 107 Å². The SMILES string of the molecule is CCOC(=O)C[C@H](NC(=O)C(CC(C)C)n1cc(CCN2CC(OC)C2)c(C(F)(F)F)cc1=O)c1cc(-c2c(C)cc(C)cc2C)cc(C)c1F.COC1CN(CCc2cn(C(CC(C)C)C(=O)N[C@@H](CC(=O)O)c3cc(-c4c(C)cc(C)cc4C)cc(C)c3F)c(=O)cc2C(F)(F)F)C1. The number of methoxy groups -OCH3 is 2. The molecule has 16 nitrogen and oxygen atoms in total. The Balaban J connectivity index is 0.000000281. The molecule has 8 rings (SSSR count). The number of benzene rings is 4. The van der Waals surface area contributed by atoms with E-state index in [1.165, 1.54) is 6.07 Å². The van der Waals surface area contributed by atoms with Gasteiger partial charge in [-0.2, -0.15) is 26.3 Å². The second-order valence-corrected chi connectivity index (χ2v) is 27.6. The number of carbonyl (C=O) groups excluding carboxylic acids is 3. The van der Waals surface area contributed by atoms with Crippen molar-refractivity contribution in [1.82, 2.24) is 29.6 Å². The van der Waals surface area contributed by atoms with Gasteiger partial charge in [0.1, 0.15) is 23.7 Å². The van der Waals surface area contributed by atoms with Gasteiger partial charge in [-0.3, -0.25) is 38.6 Å². The molecule has 0 radical (unpaired) electrons. The van der Waals surface area contributed by atoms with Gasteiger partial charge in [0, 0.05) is 89.1 Å². The van der Waals surface area contributed by atoms with Crippen LogP contribution in [0.4, 0.5) is 35.1 Å². The van der Waals surface area contributed by atoms with Crippen LogP contribution in [0.2, 0.25) is 0 Å². The lowest BCUT2D eigenvalue weighted by Crippen LogP contribution is -2.52. The average Bonchev–Trinajstić information content (AvgIpc) is 0.791. The lowest BCUT2D eigenvalue weighted by molar-refractivity contribution is -0.144. The number of pyridine rings is 2. The van der Waals surface area contributed by atoms with E-state index in [-0.39, 0.29) is 90.7 Å². The second kappa shape index (κ2) is 33.6. The molecule has 3 N–H and O–H groups in total. The normalized spacial score (nSPS) is 15.2. The highest BCUT2D eigenvalue weighted by Gasteiger charge is 2.39. The van der Waals surface area contributed by atoms with Crippen molar-refractivity contribution in [2.45, 2.75) is 177 Å². The number of esters is 1. The van der Waals surface area contributed by atoms with Crippen molar-refractivity contribution in [3.63, 3.8) is 0 Å². The molecule has 2 saturated heterocycles. The fourth-order valence-electron chi connectivity index (χ4n) is 13.7. The van der Waals surface area contributed by atoms with Crippen molar-refractivity contribution in [2.75, 3.05) is 60.1 Å². The van der Waals surface area contributed by atoms with E-state index in [1.807, 2.05) is 89.5 Å². The van der Waals surface area contributed by atoms with Crippen LogP contribution in [0.3, 0.4) is 0 Å². The van der Waals surface area contributed by atoms with Gasteiger partial charge < -0.3 is 39.1 Å². The predicted octanol–water partition coefficient (Wildman–Crippen LogP) is 13.9. The first-order chi connectivity index (χ1) is 46.8. The number of ether oxygens (including phenoxy) is 3. The van der Waals surface area contributed by atoms with Crippen LogP contribution >= 0.6 is 0 Å². The molecule has 0 bridgehead atoms. The molecule has 4 aromatic carbocycles. The van der Waals surface area contributed by atoms with Gasteiger partial charge in [0.25, 0.3) is 11.1 Å². The number of hydrogen-bond donors (Lipinski definition) is 3. The first-order valence-electron chi connectivity index (χ1n) is 33.7. The smallest absolute Gasteiger partial charge is 0.416 e. The van der Waals surface area contributed by atoms with Crippen molar-refractivity contribution in [1.29, 1.82) is 0 Å². The third-order valence-corrected chi connectivity index (χ3v) is 18.4. The molecule has 0 spiro atoms. The quantitative estimate of drug-likeness (QED) is 0.0327. The van der Waals surface area contributed by atoms with Gasteiger partial charge in [-0.1, -0.05) is 63.1 Å². The summed E-state index contributed by atoms with van der Waals surface area (Å²) in [4.78, 5) is 83.8. The lowest BCUT2D eigenvalue weighted by atomic mass is 9.89. The molecule has 544 valence electrons. The monoisotopic (exact) mass is 1400 g/mol. The number of carboxylic acid groups (broad SMARTS) is 1. The summed E-state index contributed by atoms with van der Waals surface area (Å²) < 4.78 is 134. The fourth-order valence-corrected chi connectivity index (χ4v) is 13.7. The van der Waals surface area contributed by atoms with E-state index in [2.05, 4.69) is 10.6 Å². The van der Waals surface area contributed by atoms with Gasteiger partial charge in [-0.05, 0) is 191 Å². The van der Waals surface area contributed by atoms with E-state index in [0.717, 1.165) is 66.0 Å². The van der Waals surface area contributed by atoms with E-state index in [1.54, 1.807) is 67.0 Å². The molecule has 4 atom stereocenters. The molecule has 24 heteroatoms. The number of amides is 2. The number of likely N-dealkylation sites (tertiary alicyclic amines) is 2. The molecule has 100 heavy (non-hydrogen) atoms. The number of aromatic nitrogens is 2. The van der Waals surface area contributed by atoms with Crippen LogP contribution in [-0.4, -0.2) is 120 Å². The molecule has 2 aromatic heterocycles. The summed E-state index contributed by atoms with van der Waals surface area (Å²) >= 11 is 0. The second-order valence-electron chi connectivity index (χ2n) is 27.6. The number of rotatable bonds is 27. The largest absolute Gasteiger partial charge is 0.481 e. The van der Waals surface area contributed by atoms with E-state index >= 15 is 8.78 Å². The Labute approximate surface area is 579 Å². The minimum absolute atomic E-state index is 0.00756. The zero-order valence-electron chi connectivity index (χ0n) is 59.7. The zero-order chi connectivity index (χ0) is 74.2. The summed E-state index contributed by atoms with van der Waals surface area (Å²) in [6.07, 6.45) is -8.32. The van der Waals surface area contributed by atoms with Crippen LogP contribution in [0.15, 0.2) is 82.6 Å². The Bertz CT molecular complexity index is 4030. The van der Waals surface area contributed by atoms with E-state index in [4.69, 9.17) is 14.2 Å². The number of nitrogens with zero attached hydrogens (tertiary/aromatic N) is 4. The Morgan fingerprint density at radius 1 is 0.540 bits per heavy atom. The maximum atomic E-state index is 16.1. The van der Waals surface area contributed by atoms with Gasteiger partial charge in [0.2, 0.25) is 11.8 Å². The van der Waals surface area contributed by atoms with Crippen molar-refractivity contribution < 1.29 is 73.6 Å². The first-order valence-corrected chi connectivity index (χ1v) is 33.7. The number of alkyl halides is 6. The topological polar surface area (TPSA) is 191 Å². The number of hydrogen-bond acceptors (Lipinski definition) is 11. The molecular weight excluding hydrogens is 1310 g/mol. The predicted molar refractivity (Wildman–Crippen MR) is 367 cm³/mol. The van der Waals surface area contributed by atoms with Gasteiger partial charge in [-0.25, -0.2) is 8.78 Å². The molecule has 2 amide bonds. The fraction of sp³-hybridized carbons (Fsp3) is 0.500. The molecule has 2 aliphatic rings. The van der Waals surface area contributed by atoms with Crippen LogP contribution in [0.5, 0.6) is 0 Å². The Kier molecular flexibility index (Phi) is 26.6. The summed E-state index contributed by atoms with van der Waals surface area (Å²) in [5.74, 6) is -5.17. The number of nitrogens with one attached hydrogen (secondary N) is 2. The summed E-state index contributed by atoms with van der Waals surface area (Å²) in [6, 6.07) is 10.5. The number of carbonyl (C=O) groups is 4. The minimum atomic E-state index is -4.80. The van der Waals surface area contributed by atoms with Crippen molar-refractivity contribution in [2.24, 2.45) is 11.8 Å². The van der Waals surface area contributed by atoms with Crippen LogP contribution in [0.1, 0.15) is 162 Å². The van der Waals surface area contributed by atoms with Gasteiger partial charge in [-0.15, -0.1) is 0 Å². The van der Waals surface area contributed by atoms with Crippen molar-refractivity contribution in [3.8, 4) is 22.3 Å². The Hall–Kier alpha value is -8.06. The number of carboxylic acids is 1. The van der Waals surface area contributed by atoms with E-state index in [0.29, 0.717) is 61.5 Å². The standard InChI is InChI=1S/C39H49F4N3O5.C37H45F4N3O5/c1-9-51-35(48)18-32(30-16-28(15-26(7)37(30)40)36-24(5)13-23(4)14-25(36)6)44-38(49)33(12-22(2)3)46-19-27(10-11-45-20-29(21-45)50-8)31(17-34(46)47)39(41,42)43;1-20(2)10-31(44-17-25(8-9-43-18-27(19-43)49-7)29(15-32(44)45)37(39,40)41)36(48)42-30(16-33(46)47)28-14-26(13-24(6)35(28)38)34-22(4)11-21(3)12-23(34)5/h13-17,19,22,29,32-33H,9-12,18,20-21H2,1-8H3,(H,44,49);11-15,17,20,27,30-31H,8-10,16,18-19H2,1-7H3,(H,42,48)(H,46,47)/t32-,33?;30-,31?/m00/s1. The molecule has 0 saturated carbocycles. The van der Waals surface area contributed by atoms with E-state index in [9.17, 15) is 60.2 Å². The molecule has 0 aliphatic carbocycles. The van der Waals surface area contributed by atoms with Crippen LogP contribution in [-0.2, 0) is 58.6 Å². The maximum absolute atomic E-state index is 16.1. The molecule has 2 unspecified atom stereocenters. The van der Waals surface area contributed by atoms with Crippen LogP contribution in [0.25, 0.3) is 22.3 Å². The molecule has 2 fully saturated rings. The zero-order valence-corrected chi connectivity index (χ0v) is 59.7. The lowest BCUT2D eigenvalue weighted by Gasteiger charge is -2.38. The number of aryl methyl sites for hydroxylation is 8. The highest BCUT2D eigenvalue weighted by Crippen LogP contribution is 2.39. The third kappa shape index (κ3) is 19.9. The Morgan fingerprint density at radius 3 is 1.20 bits per heavy atom. The highest BCUT2D eigenvalue weighted by atomic mass is 19.4. The maximum Gasteiger partial charge on any atom is 0.416 e. The average molecular weight is 1400 g/mol. The van der Waals surface area contributed by atoms with Crippen LogP contribution in [0, 0.1) is 78.9 Å². The van der Waals surface area contributed by atoms with Gasteiger partial charge >= 0.3 is 24.3 Å². The molecule has 2 aliphatic heterocycles. The van der Waals surface area contributed by atoms with Crippen LogP contribution < -0.4 is 21.8 Å². The van der Waals surface area contributed by atoms with Gasteiger partial charge in [0.15, 0.2) is 0 Å². The number of aliphatic carboxylic acids is 1.